The van der Waals surface area contributed by atoms with Gasteiger partial charge in [-0.25, -0.2) is 4.98 Å². The van der Waals surface area contributed by atoms with Crippen LogP contribution in [0.25, 0.3) is 6.08 Å². The summed E-state index contributed by atoms with van der Waals surface area (Å²) in [5.74, 6) is 0.627. The maximum absolute atomic E-state index is 11.7. The summed E-state index contributed by atoms with van der Waals surface area (Å²) in [6.45, 7) is 6.25. The third-order valence-corrected chi connectivity index (χ3v) is 3.63. The second kappa shape index (κ2) is 7.75. The van der Waals surface area contributed by atoms with Crippen molar-refractivity contribution in [2.45, 2.75) is 33.4 Å². The number of hydrogen-bond acceptors (Lipinski definition) is 4. The van der Waals surface area contributed by atoms with Crippen molar-refractivity contribution in [3.05, 3.63) is 52.0 Å². The third kappa shape index (κ3) is 5.00. The molecule has 0 aliphatic rings. The molecule has 0 aliphatic carbocycles. The molecule has 1 aromatic carbocycles. The number of nitrogens with one attached hydrogen (secondary N) is 1. The summed E-state index contributed by atoms with van der Waals surface area (Å²) in [5, 5.41) is 5.83. The Morgan fingerprint density at radius 2 is 2.18 bits per heavy atom. The first-order valence-electron chi connectivity index (χ1n) is 7.16. The molecule has 116 valence electrons. The van der Waals surface area contributed by atoms with Crippen molar-refractivity contribution in [2.75, 3.05) is 0 Å². The molecule has 1 amide bonds. The number of amides is 1. The van der Waals surface area contributed by atoms with Gasteiger partial charge in [0, 0.05) is 23.1 Å². The summed E-state index contributed by atoms with van der Waals surface area (Å²) in [7, 11) is 0. The van der Waals surface area contributed by atoms with Gasteiger partial charge in [0.1, 0.15) is 12.4 Å². The van der Waals surface area contributed by atoms with E-state index in [2.05, 4.69) is 10.3 Å². The monoisotopic (exact) mass is 316 g/mol. The SMILES string of the molecule is Cc1nc(COc2ccccc2/C=C/C(=O)NC(C)C)cs1. The fraction of sp³-hybridized carbons (Fsp3) is 0.294. The highest BCUT2D eigenvalue weighted by Gasteiger charge is 2.04. The Bertz CT molecular complexity index is 662. The van der Waals surface area contributed by atoms with Crippen LogP contribution in [0.5, 0.6) is 5.75 Å². The average Bonchev–Trinajstić information content (AvgIpc) is 2.89. The number of para-hydroxylation sites is 1. The molecule has 0 saturated carbocycles. The molecule has 5 heteroatoms. The van der Waals surface area contributed by atoms with Crippen molar-refractivity contribution in [3.63, 3.8) is 0 Å². The van der Waals surface area contributed by atoms with Crippen LogP contribution in [0, 0.1) is 6.92 Å². The zero-order chi connectivity index (χ0) is 15.9. The topological polar surface area (TPSA) is 51.2 Å². The molecule has 0 spiro atoms. The van der Waals surface area contributed by atoms with Crippen molar-refractivity contribution >= 4 is 23.3 Å². The van der Waals surface area contributed by atoms with Gasteiger partial charge in [0.2, 0.25) is 5.91 Å². The molecular weight excluding hydrogens is 296 g/mol. The molecule has 1 N–H and O–H groups in total. The van der Waals surface area contributed by atoms with Gasteiger partial charge in [0.25, 0.3) is 0 Å². The number of hydrogen-bond donors (Lipinski definition) is 1. The Kier molecular flexibility index (Phi) is 5.72. The molecular formula is C17H20N2O2S. The largest absolute Gasteiger partial charge is 0.487 e. The van der Waals surface area contributed by atoms with E-state index in [4.69, 9.17) is 4.74 Å². The molecule has 2 rings (SSSR count). The number of rotatable bonds is 6. The van der Waals surface area contributed by atoms with Crippen molar-refractivity contribution in [1.82, 2.24) is 10.3 Å². The molecule has 1 aromatic heterocycles. The number of carbonyl (C=O) groups is 1. The molecule has 0 aliphatic heterocycles. The molecule has 0 saturated heterocycles. The van der Waals surface area contributed by atoms with E-state index in [0.29, 0.717) is 6.61 Å². The van der Waals surface area contributed by atoms with E-state index in [1.807, 2.05) is 50.4 Å². The zero-order valence-electron chi connectivity index (χ0n) is 13.0. The Morgan fingerprint density at radius 3 is 2.86 bits per heavy atom. The molecule has 2 aromatic rings. The van der Waals surface area contributed by atoms with Crippen LogP contribution in [0.2, 0.25) is 0 Å². The van der Waals surface area contributed by atoms with Gasteiger partial charge < -0.3 is 10.1 Å². The van der Waals surface area contributed by atoms with Gasteiger partial charge in [-0.05, 0) is 32.9 Å². The molecule has 4 nitrogen and oxygen atoms in total. The molecule has 22 heavy (non-hydrogen) atoms. The summed E-state index contributed by atoms with van der Waals surface area (Å²) in [6, 6.07) is 7.75. The number of nitrogens with zero attached hydrogens (tertiary/aromatic N) is 1. The summed E-state index contributed by atoms with van der Waals surface area (Å²) in [6.07, 6.45) is 3.29. The van der Waals surface area contributed by atoms with Crippen LogP contribution in [-0.4, -0.2) is 16.9 Å². The van der Waals surface area contributed by atoms with E-state index >= 15 is 0 Å². The van der Waals surface area contributed by atoms with E-state index in [1.54, 1.807) is 17.4 Å². The minimum atomic E-state index is -0.111. The predicted molar refractivity (Wildman–Crippen MR) is 89.9 cm³/mol. The van der Waals surface area contributed by atoms with Crippen molar-refractivity contribution in [1.29, 1.82) is 0 Å². The predicted octanol–water partition coefficient (Wildman–Crippen LogP) is 3.57. The first-order chi connectivity index (χ1) is 10.5. The van der Waals surface area contributed by atoms with Crippen LogP contribution in [0.4, 0.5) is 0 Å². The third-order valence-electron chi connectivity index (χ3n) is 2.81. The lowest BCUT2D eigenvalue weighted by Crippen LogP contribution is -2.28. The number of aromatic nitrogens is 1. The number of carbonyl (C=O) groups excluding carboxylic acids is 1. The van der Waals surface area contributed by atoms with Crippen molar-refractivity contribution < 1.29 is 9.53 Å². The highest BCUT2D eigenvalue weighted by atomic mass is 32.1. The van der Waals surface area contributed by atoms with Gasteiger partial charge in [-0.3, -0.25) is 4.79 Å². The maximum Gasteiger partial charge on any atom is 0.244 e. The highest BCUT2D eigenvalue weighted by Crippen LogP contribution is 2.21. The number of benzene rings is 1. The standard InChI is InChI=1S/C17H20N2O2S/c1-12(2)18-17(20)9-8-14-6-4-5-7-16(14)21-10-15-11-22-13(3)19-15/h4-9,11-12H,10H2,1-3H3,(H,18,20)/b9-8+. The molecule has 0 bridgehead atoms. The Labute approximate surface area is 134 Å². The normalized spacial score (nSPS) is 11.1. The van der Waals surface area contributed by atoms with Crippen LogP contribution in [0.3, 0.4) is 0 Å². The van der Waals surface area contributed by atoms with Crippen LogP contribution < -0.4 is 10.1 Å². The van der Waals surface area contributed by atoms with Gasteiger partial charge in [-0.2, -0.15) is 0 Å². The lowest BCUT2D eigenvalue weighted by atomic mass is 10.2. The summed E-state index contributed by atoms with van der Waals surface area (Å²) < 4.78 is 5.81. The second-order valence-electron chi connectivity index (χ2n) is 5.18. The molecule has 0 fully saturated rings. The summed E-state index contributed by atoms with van der Waals surface area (Å²) in [4.78, 5) is 16.0. The molecule has 0 unspecified atom stereocenters. The minimum absolute atomic E-state index is 0.111. The maximum atomic E-state index is 11.7. The van der Waals surface area contributed by atoms with E-state index in [9.17, 15) is 4.79 Å². The fourth-order valence-electron chi connectivity index (χ4n) is 1.87. The smallest absolute Gasteiger partial charge is 0.244 e. The van der Waals surface area contributed by atoms with E-state index < -0.39 is 0 Å². The molecule has 0 atom stereocenters. The van der Waals surface area contributed by atoms with E-state index in [-0.39, 0.29) is 11.9 Å². The van der Waals surface area contributed by atoms with Gasteiger partial charge in [-0.15, -0.1) is 11.3 Å². The number of thiazole rings is 1. The van der Waals surface area contributed by atoms with Crippen molar-refractivity contribution in [3.8, 4) is 5.75 Å². The van der Waals surface area contributed by atoms with Gasteiger partial charge in [0.05, 0.1) is 10.7 Å². The minimum Gasteiger partial charge on any atom is -0.487 e. The van der Waals surface area contributed by atoms with E-state index in [0.717, 1.165) is 22.0 Å². The van der Waals surface area contributed by atoms with Gasteiger partial charge in [-0.1, -0.05) is 18.2 Å². The zero-order valence-corrected chi connectivity index (χ0v) is 13.8. The average molecular weight is 316 g/mol. The van der Waals surface area contributed by atoms with Crippen LogP contribution >= 0.6 is 11.3 Å². The quantitative estimate of drug-likeness (QED) is 0.829. The lowest BCUT2D eigenvalue weighted by Gasteiger charge is -2.08. The van der Waals surface area contributed by atoms with Gasteiger partial charge >= 0.3 is 0 Å². The number of aryl methyl sites for hydroxylation is 1. The second-order valence-corrected chi connectivity index (χ2v) is 6.24. The Balaban J connectivity index is 2.03. The first kappa shape index (κ1) is 16.2. The van der Waals surface area contributed by atoms with Crippen molar-refractivity contribution in [2.24, 2.45) is 0 Å². The first-order valence-corrected chi connectivity index (χ1v) is 8.04. The van der Waals surface area contributed by atoms with Gasteiger partial charge in [0.15, 0.2) is 0 Å². The molecule has 0 radical (unpaired) electrons. The summed E-state index contributed by atoms with van der Waals surface area (Å²) >= 11 is 1.61. The Hall–Kier alpha value is -2.14. The van der Waals surface area contributed by atoms with Crippen LogP contribution in [0.15, 0.2) is 35.7 Å². The van der Waals surface area contributed by atoms with Crippen LogP contribution in [-0.2, 0) is 11.4 Å². The lowest BCUT2D eigenvalue weighted by molar-refractivity contribution is -0.116. The summed E-state index contributed by atoms with van der Waals surface area (Å²) in [5.41, 5.74) is 1.78. The molecule has 1 heterocycles. The van der Waals surface area contributed by atoms with Crippen LogP contribution in [0.1, 0.15) is 30.1 Å². The fourth-order valence-corrected chi connectivity index (χ4v) is 2.47. The highest BCUT2D eigenvalue weighted by molar-refractivity contribution is 7.09. The number of ether oxygens (including phenoxy) is 1. The Morgan fingerprint density at radius 1 is 1.41 bits per heavy atom. The van der Waals surface area contributed by atoms with E-state index in [1.165, 1.54) is 6.08 Å².